The number of rotatable bonds is 6. The van der Waals surface area contributed by atoms with Crippen molar-refractivity contribution < 1.29 is 9.53 Å². The van der Waals surface area contributed by atoms with Crippen LogP contribution in [0, 0.1) is 11.8 Å². The van der Waals surface area contributed by atoms with Gasteiger partial charge in [-0.3, -0.25) is 4.79 Å². The van der Waals surface area contributed by atoms with Crippen LogP contribution in [0.25, 0.3) is 0 Å². The summed E-state index contributed by atoms with van der Waals surface area (Å²) in [4.78, 5) is 14.7. The first-order valence-corrected chi connectivity index (χ1v) is 10.1. The molecule has 1 aromatic rings. The number of nitrogens with zero attached hydrogens (tertiary/aromatic N) is 1. The maximum Gasteiger partial charge on any atom is 0.225 e. The Morgan fingerprint density at radius 2 is 1.88 bits per heavy atom. The van der Waals surface area contributed by atoms with Crippen LogP contribution >= 0.6 is 0 Å². The average Bonchev–Trinajstić information content (AvgIpc) is 2.66. The molecule has 138 valence electrons. The normalized spacial score (nSPS) is 26.1. The van der Waals surface area contributed by atoms with E-state index in [2.05, 4.69) is 31.2 Å². The number of likely N-dealkylation sites (N-methyl/N-ethyl adjacent to an activating group) is 1. The third kappa shape index (κ3) is 4.84. The van der Waals surface area contributed by atoms with Gasteiger partial charge in [-0.1, -0.05) is 50.5 Å². The van der Waals surface area contributed by atoms with Gasteiger partial charge in [0.25, 0.3) is 0 Å². The van der Waals surface area contributed by atoms with Crippen molar-refractivity contribution in [2.75, 3.05) is 13.6 Å². The van der Waals surface area contributed by atoms with Gasteiger partial charge >= 0.3 is 0 Å². The monoisotopic (exact) mass is 343 g/mol. The fourth-order valence-corrected chi connectivity index (χ4v) is 4.42. The minimum atomic E-state index is 0.129. The summed E-state index contributed by atoms with van der Waals surface area (Å²) in [5.41, 5.74) is 2.66. The molecule has 0 bridgehead atoms. The fraction of sp³-hybridized carbons (Fsp3) is 0.682. The van der Waals surface area contributed by atoms with Gasteiger partial charge in [-0.05, 0) is 42.7 Å². The van der Waals surface area contributed by atoms with Gasteiger partial charge in [-0.25, -0.2) is 0 Å². The van der Waals surface area contributed by atoms with E-state index in [0.29, 0.717) is 19.1 Å². The topological polar surface area (TPSA) is 29.5 Å². The lowest BCUT2D eigenvalue weighted by molar-refractivity contribution is -0.137. The van der Waals surface area contributed by atoms with Gasteiger partial charge < -0.3 is 9.64 Å². The summed E-state index contributed by atoms with van der Waals surface area (Å²) in [6.07, 6.45) is 9.63. The Labute approximate surface area is 152 Å². The largest absolute Gasteiger partial charge is 0.371 e. The van der Waals surface area contributed by atoms with E-state index in [9.17, 15) is 4.79 Å². The molecule has 1 aliphatic heterocycles. The SMILES string of the molecule is CCCCC1CCC(C(=O)N(C)CC2Cc3ccccc3CO2)CC1. The summed E-state index contributed by atoms with van der Waals surface area (Å²) in [5, 5.41) is 0. The highest BCUT2D eigenvalue weighted by atomic mass is 16.5. The highest BCUT2D eigenvalue weighted by Crippen LogP contribution is 2.33. The van der Waals surface area contributed by atoms with Crippen molar-refractivity contribution in [1.29, 1.82) is 0 Å². The summed E-state index contributed by atoms with van der Waals surface area (Å²) in [5.74, 6) is 1.42. The molecule has 1 fully saturated rings. The molecule has 0 N–H and O–H groups in total. The van der Waals surface area contributed by atoms with Crippen LogP contribution in [-0.2, 0) is 22.6 Å². The number of ether oxygens (including phenoxy) is 1. The lowest BCUT2D eigenvalue weighted by Crippen LogP contribution is -2.41. The standard InChI is InChI=1S/C22H33NO2/c1-3-4-7-17-10-12-18(13-11-17)22(24)23(2)15-21-14-19-8-5-6-9-20(19)16-25-21/h5-6,8-9,17-18,21H,3-4,7,10-16H2,1-2H3. The van der Waals surface area contributed by atoms with E-state index >= 15 is 0 Å². The van der Waals surface area contributed by atoms with Crippen LogP contribution in [0.1, 0.15) is 63.0 Å². The summed E-state index contributed by atoms with van der Waals surface area (Å²) in [6.45, 7) is 3.64. The van der Waals surface area contributed by atoms with Gasteiger partial charge in [0.05, 0.1) is 12.7 Å². The van der Waals surface area contributed by atoms with Crippen LogP contribution in [0.3, 0.4) is 0 Å². The minimum absolute atomic E-state index is 0.129. The molecule has 25 heavy (non-hydrogen) atoms. The van der Waals surface area contributed by atoms with Crippen LogP contribution in [-0.4, -0.2) is 30.5 Å². The Balaban J connectivity index is 1.46. The van der Waals surface area contributed by atoms with Crippen LogP contribution in [0.15, 0.2) is 24.3 Å². The number of carbonyl (C=O) groups excluding carboxylic acids is 1. The highest BCUT2D eigenvalue weighted by molar-refractivity contribution is 5.78. The zero-order valence-electron chi connectivity index (χ0n) is 15.9. The summed E-state index contributed by atoms with van der Waals surface area (Å²) < 4.78 is 5.98. The summed E-state index contributed by atoms with van der Waals surface area (Å²) in [7, 11) is 1.95. The van der Waals surface area contributed by atoms with Crippen LogP contribution in [0.4, 0.5) is 0 Å². The fourth-order valence-electron chi connectivity index (χ4n) is 4.42. The van der Waals surface area contributed by atoms with E-state index in [1.807, 2.05) is 11.9 Å². The van der Waals surface area contributed by atoms with Gasteiger partial charge in [0.15, 0.2) is 0 Å². The number of unbranched alkanes of at least 4 members (excludes halogenated alkanes) is 1. The van der Waals surface area contributed by atoms with E-state index in [0.717, 1.165) is 25.2 Å². The molecular formula is C22H33NO2. The molecule has 3 nitrogen and oxygen atoms in total. The molecule has 2 aliphatic rings. The Hall–Kier alpha value is -1.35. The Morgan fingerprint density at radius 1 is 1.16 bits per heavy atom. The second kappa shape index (κ2) is 8.84. The molecule has 1 aliphatic carbocycles. The molecule has 0 aromatic heterocycles. The van der Waals surface area contributed by atoms with Crippen molar-refractivity contribution in [3.8, 4) is 0 Å². The third-order valence-corrected chi connectivity index (χ3v) is 6.06. The van der Waals surface area contributed by atoms with Gasteiger partial charge in [0.1, 0.15) is 0 Å². The second-order valence-electron chi connectivity index (χ2n) is 7.98. The smallest absolute Gasteiger partial charge is 0.225 e. The van der Waals surface area contributed by atoms with Crippen molar-refractivity contribution in [3.05, 3.63) is 35.4 Å². The molecule has 1 heterocycles. The van der Waals surface area contributed by atoms with Gasteiger partial charge in [-0.2, -0.15) is 0 Å². The summed E-state index contributed by atoms with van der Waals surface area (Å²) in [6, 6.07) is 8.48. The number of hydrogen-bond donors (Lipinski definition) is 0. The predicted molar refractivity (Wildman–Crippen MR) is 101 cm³/mol. The molecule has 3 heteroatoms. The molecule has 1 atom stereocenters. The van der Waals surface area contributed by atoms with Crippen LogP contribution in [0.2, 0.25) is 0 Å². The molecule has 0 radical (unpaired) electrons. The Bertz CT molecular complexity index is 563. The second-order valence-corrected chi connectivity index (χ2v) is 7.98. The lowest BCUT2D eigenvalue weighted by Gasteiger charge is -2.33. The molecule has 1 unspecified atom stereocenters. The molecule has 0 spiro atoms. The zero-order valence-corrected chi connectivity index (χ0v) is 15.9. The number of amides is 1. The highest BCUT2D eigenvalue weighted by Gasteiger charge is 2.29. The number of hydrogen-bond acceptors (Lipinski definition) is 2. The van der Waals surface area contributed by atoms with Gasteiger partial charge in [-0.15, -0.1) is 0 Å². The van der Waals surface area contributed by atoms with Crippen molar-refractivity contribution in [2.45, 2.75) is 71.0 Å². The van der Waals surface area contributed by atoms with Crippen molar-refractivity contribution in [1.82, 2.24) is 4.90 Å². The molecular weight excluding hydrogens is 310 g/mol. The number of carbonyl (C=O) groups is 1. The van der Waals surface area contributed by atoms with E-state index in [-0.39, 0.29) is 12.0 Å². The van der Waals surface area contributed by atoms with Crippen molar-refractivity contribution in [3.63, 3.8) is 0 Å². The Morgan fingerprint density at radius 3 is 2.60 bits per heavy atom. The first-order chi connectivity index (χ1) is 12.2. The quantitative estimate of drug-likeness (QED) is 0.756. The lowest BCUT2D eigenvalue weighted by atomic mass is 9.79. The van der Waals surface area contributed by atoms with E-state index < -0.39 is 0 Å². The van der Waals surface area contributed by atoms with Crippen LogP contribution in [0.5, 0.6) is 0 Å². The maximum absolute atomic E-state index is 12.8. The third-order valence-electron chi connectivity index (χ3n) is 6.06. The molecule has 3 rings (SSSR count). The first-order valence-electron chi connectivity index (χ1n) is 10.1. The van der Waals surface area contributed by atoms with Gasteiger partial charge in [0.2, 0.25) is 5.91 Å². The van der Waals surface area contributed by atoms with E-state index in [4.69, 9.17) is 4.74 Å². The Kier molecular flexibility index (Phi) is 6.52. The molecule has 1 aromatic carbocycles. The average molecular weight is 344 g/mol. The summed E-state index contributed by atoms with van der Waals surface area (Å²) >= 11 is 0. The molecule has 1 amide bonds. The number of benzene rings is 1. The minimum Gasteiger partial charge on any atom is -0.371 e. The maximum atomic E-state index is 12.8. The number of fused-ring (bicyclic) bond motifs is 1. The zero-order chi connectivity index (χ0) is 17.6. The van der Waals surface area contributed by atoms with Crippen molar-refractivity contribution >= 4 is 5.91 Å². The van der Waals surface area contributed by atoms with Crippen LogP contribution < -0.4 is 0 Å². The van der Waals surface area contributed by atoms with Gasteiger partial charge in [0, 0.05) is 25.9 Å². The first kappa shape index (κ1) is 18.4. The molecule has 0 saturated heterocycles. The molecule has 1 saturated carbocycles. The predicted octanol–water partition coefficient (Wildman–Crippen LogP) is 4.58. The van der Waals surface area contributed by atoms with E-state index in [1.54, 1.807) is 0 Å². The van der Waals surface area contributed by atoms with E-state index in [1.165, 1.54) is 43.2 Å². The van der Waals surface area contributed by atoms with Crippen molar-refractivity contribution in [2.24, 2.45) is 11.8 Å².